The third-order valence-electron chi connectivity index (χ3n) is 3.95. The van der Waals surface area contributed by atoms with Crippen LogP contribution in [0, 0.1) is 5.82 Å². The van der Waals surface area contributed by atoms with Gasteiger partial charge >= 0.3 is 0 Å². The van der Waals surface area contributed by atoms with Crippen LogP contribution in [-0.2, 0) is 6.54 Å². The molecule has 1 fully saturated rings. The number of halogens is 1. The molecule has 0 spiro atoms. The van der Waals surface area contributed by atoms with Gasteiger partial charge in [-0.25, -0.2) is 9.37 Å². The predicted octanol–water partition coefficient (Wildman–Crippen LogP) is 2.66. The average molecular weight is 289 g/mol. The number of oxazole rings is 1. The number of rotatable bonds is 4. The molecular weight excluding hydrogens is 269 g/mol. The Morgan fingerprint density at radius 3 is 2.90 bits per heavy atom. The van der Waals surface area contributed by atoms with E-state index in [4.69, 9.17) is 4.42 Å². The van der Waals surface area contributed by atoms with E-state index in [2.05, 4.69) is 22.2 Å². The number of nitrogens with one attached hydrogen (secondary N) is 1. The number of piperidine rings is 1. The molecule has 112 valence electrons. The van der Waals surface area contributed by atoms with E-state index in [-0.39, 0.29) is 5.82 Å². The van der Waals surface area contributed by atoms with E-state index < -0.39 is 0 Å². The predicted molar refractivity (Wildman–Crippen MR) is 79.3 cm³/mol. The van der Waals surface area contributed by atoms with Gasteiger partial charge in [-0.3, -0.25) is 4.90 Å². The Morgan fingerprint density at radius 1 is 1.38 bits per heavy atom. The zero-order valence-electron chi connectivity index (χ0n) is 12.2. The Balaban J connectivity index is 1.65. The summed E-state index contributed by atoms with van der Waals surface area (Å²) >= 11 is 0. The zero-order chi connectivity index (χ0) is 14.7. The van der Waals surface area contributed by atoms with Crippen LogP contribution in [0.2, 0.25) is 0 Å². The average Bonchev–Trinajstić information content (AvgIpc) is 2.97. The van der Waals surface area contributed by atoms with Gasteiger partial charge in [-0.2, -0.15) is 0 Å². The molecule has 1 aliphatic heterocycles. The van der Waals surface area contributed by atoms with Crippen LogP contribution in [0.25, 0.3) is 11.5 Å². The van der Waals surface area contributed by atoms with Gasteiger partial charge in [-0.05, 0) is 50.7 Å². The Morgan fingerprint density at radius 2 is 2.19 bits per heavy atom. The highest BCUT2D eigenvalue weighted by atomic mass is 19.1. The molecule has 1 aromatic carbocycles. The summed E-state index contributed by atoms with van der Waals surface area (Å²) in [5, 5.41) is 3.42. The molecule has 3 rings (SSSR count). The summed E-state index contributed by atoms with van der Waals surface area (Å²) in [7, 11) is 2.11. The summed E-state index contributed by atoms with van der Waals surface area (Å²) in [5.41, 5.74) is 1.70. The van der Waals surface area contributed by atoms with E-state index in [0.717, 1.165) is 30.9 Å². The van der Waals surface area contributed by atoms with Crippen molar-refractivity contribution in [3.05, 3.63) is 42.0 Å². The Bertz CT molecular complexity index is 575. The summed E-state index contributed by atoms with van der Waals surface area (Å²) in [6.07, 6.45) is 4.12. The van der Waals surface area contributed by atoms with Gasteiger partial charge in [0.25, 0.3) is 0 Å². The van der Waals surface area contributed by atoms with Gasteiger partial charge in [0, 0.05) is 24.7 Å². The highest BCUT2D eigenvalue weighted by Gasteiger charge is 2.19. The van der Waals surface area contributed by atoms with Crippen LogP contribution in [0.3, 0.4) is 0 Å². The third-order valence-corrected chi connectivity index (χ3v) is 3.95. The fraction of sp³-hybridized carbons (Fsp3) is 0.438. The SMILES string of the molecule is CN(Cc1coc(-c2ccc(F)cc2)n1)C1CCCNC1. The van der Waals surface area contributed by atoms with Crippen LogP contribution in [0.15, 0.2) is 34.9 Å². The minimum atomic E-state index is -0.255. The zero-order valence-corrected chi connectivity index (χ0v) is 12.2. The maximum Gasteiger partial charge on any atom is 0.226 e. The van der Waals surface area contributed by atoms with Crippen molar-refractivity contribution in [3.63, 3.8) is 0 Å². The lowest BCUT2D eigenvalue weighted by Crippen LogP contribution is -2.43. The molecule has 4 nitrogen and oxygen atoms in total. The molecule has 1 aliphatic rings. The number of nitrogens with zero attached hydrogens (tertiary/aromatic N) is 2. The summed E-state index contributed by atoms with van der Waals surface area (Å²) in [6.45, 7) is 2.90. The van der Waals surface area contributed by atoms with Crippen LogP contribution >= 0.6 is 0 Å². The van der Waals surface area contributed by atoms with Crippen LogP contribution in [0.4, 0.5) is 4.39 Å². The van der Waals surface area contributed by atoms with E-state index in [9.17, 15) is 4.39 Å². The van der Waals surface area contributed by atoms with Crippen LogP contribution in [-0.4, -0.2) is 36.1 Å². The van der Waals surface area contributed by atoms with E-state index in [1.165, 1.54) is 25.0 Å². The molecule has 21 heavy (non-hydrogen) atoms. The molecule has 0 radical (unpaired) electrons. The maximum atomic E-state index is 12.9. The van der Waals surface area contributed by atoms with Gasteiger partial charge in [0.15, 0.2) is 0 Å². The molecule has 1 saturated heterocycles. The quantitative estimate of drug-likeness (QED) is 0.939. The maximum absolute atomic E-state index is 12.9. The van der Waals surface area contributed by atoms with Crippen LogP contribution in [0.5, 0.6) is 0 Å². The number of benzene rings is 1. The fourth-order valence-electron chi connectivity index (χ4n) is 2.70. The van der Waals surface area contributed by atoms with Crippen molar-refractivity contribution in [1.29, 1.82) is 0 Å². The molecule has 0 bridgehead atoms. The molecule has 2 aromatic rings. The lowest BCUT2D eigenvalue weighted by Gasteiger charge is -2.31. The van der Waals surface area contributed by atoms with Gasteiger partial charge < -0.3 is 9.73 Å². The van der Waals surface area contributed by atoms with Crippen molar-refractivity contribution in [2.24, 2.45) is 0 Å². The largest absolute Gasteiger partial charge is 0.444 e. The van der Waals surface area contributed by atoms with Crippen molar-refractivity contribution in [2.75, 3.05) is 20.1 Å². The molecule has 0 amide bonds. The molecule has 1 unspecified atom stereocenters. The molecule has 1 aromatic heterocycles. The Labute approximate surface area is 124 Å². The van der Waals surface area contributed by atoms with Gasteiger partial charge in [0.05, 0.1) is 5.69 Å². The van der Waals surface area contributed by atoms with E-state index in [1.807, 2.05) is 0 Å². The lowest BCUT2D eigenvalue weighted by molar-refractivity contribution is 0.194. The summed E-state index contributed by atoms with van der Waals surface area (Å²) in [4.78, 5) is 6.80. The minimum Gasteiger partial charge on any atom is -0.444 e. The van der Waals surface area contributed by atoms with Crippen LogP contribution < -0.4 is 5.32 Å². The van der Waals surface area contributed by atoms with Crippen molar-refractivity contribution < 1.29 is 8.81 Å². The molecule has 0 saturated carbocycles. The second-order valence-corrected chi connectivity index (χ2v) is 5.57. The first kappa shape index (κ1) is 14.2. The second kappa shape index (κ2) is 6.37. The number of hydrogen-bond donors (Lipinski definition) is 1. The molecule has 1 atom stereocenters. The van der Waals surface area contributed by atoms with Crippen molar-refractivity contribution in [3.8, 4) is 11.5 Å². The van der Waals surface area contributed by atoms with Gasteiger partial charge in [0.2, 0.25) is 5.89 Å². The minimum absolute atomic E-state index is 0.255. The summed E-state index contributed by atoms with van der Waals surface area (Å²) < 4.78 is 18.4. The van der Waals surface area contributed by atoms with Gasteiger partial charge in [0.1, 0.15) is 12.1 Å². The molecule has 0 aliphatic carbocycles. The van der Waals surface area contributed by atoms with Gasteiger partial charge in [-0.1, -0.05) is 0 Å². The fourth-order valence-corrected chi connectivity index (χ4v) is 2.70. The first-order valence-electron chi connectivity index (χ1n) is 7.33. The smallest absolute Gasteiger partial charge is 0.226 e. The normalized spacial score (nSPS) is 19.1. The third kappa shape index (κ3) is 3.49. The lowest BCUT2D eigenvalue weighted by atomic mass is 10.1. The van der Waals surface area contributed by atoms with E-state index in [0.29, 0.717) is 11.9 Å². The number of likely N-dealkylation sites (N-methyl/N-ethyl adjacent to an activating group) is 1. The topological polar surface area (TPSA) is 41.3 Å². The Kier molecular flexibility index (Phi) is 4.31. The van der Waals surface area contributed by atoms with E-state index >= 15 is 0 Å². The first-order valence-corrected chi connectivity index (χ1v) is 7.33. The van der Waals surface area contributed by atoms with Gasteiger partial charge in [-0.15, -0.1) is 0 Å². The summed E-state index contributed by atoms with van der Waals surface area (Å²) in [6, 6.07) is 6.74. The molecule has 1 N–H and O–H groups in total. The van der Waals surface area contributed by atoms with Crippen molar-refractivity contribution >= 4 is 0 Å². The highest BCUT2D eigenvalue weighted by molar-refractivity contribution is 5.52. The number of aromatic nitrogens is 1. The first-order chi connectivity index (χ1) is 10.2. The highest BCUT2D eigenvalue weighted by Crippen LogP contribution is 2.20. The van der Waals surface area contributed by atoms with Crippen molar-refractivity contribution in [1.82, 2.24) is 15.2 Å². The molecule has 2 heterocycles. The van der Waals surface area contributed by atoms with Crippen molar-refractivity contribution in [2.45, 2.75) is 25.4 Å². The second-order valence-electron chi connectivity index (χ2n) is 5.57. The molecular formula is C16H20FN3O. The monoisotopic (exact) mass is 289 g/mol. The molecule has 5 heteroatoms. The Hall–Kier alpha value is -1.72. The van der Waals surface area contributed by atoms with Crippen LogP contribution in [0.1, 0.15) is 18.5 Å². The number of hydrogen-bond acceptors (Lipinski definition) is 4. The summed E-state index contributed by atoms with van der Waals surface area (Å²) in [5.74, 6) is 0.287. The standard InChI is InChI=1S/C16H20FN3O/c1-20(15-3-2-8-18-9-15)10-14-11-21-16(19-14)12-4-6-13(17)7-5-12/h4-7,11,15,18H,2-3,8-10H2,1H3. The van der Waals surface area contributed by atoms with E-state index in [1.54, 1.807) is 18.4 Å².